The van der Waals surface area contributed by atoms with E-state index in [1.165, 1.54) is 251 Å². The fourth-order valence-corrected chi connectivity index (χ4v) is 15.8. The molecule has 3 unspecified atom stereocenters. The first-order chi connectivity index (χ1) is 41.0. The zero-order valence-corrected chi connectivity index (χ0v) is 62.6. The van der Waals surface area contributed by atoms with E-state index in [2.05, 4.69) is 158 Å². The van der Waals surface area contributed by atoms with Crippen LogP contribution >= 0.6 is 0 Å². The topological polar surface area (TPSA) is 40.2 Å². The fourth-order valence-electron chi connectivity index (χ4n) is 15.8. The lowest BCUT2D eigenvalue weighted by Crippen LogP contribution is -2.37. The van der Waals surface area contributed by atoms with Crippen molar-refractivity contribution in [1.29, 1.82) is 0 Å². The van der Waals surface area contributed by atoms with Crippen molar-refractivity contribution in [3.05, 3.63) is 0 Å². The second-order valence-corrected chi connectivity index (χ2v) is 32.9. The van der Waals surface area contributed by atoms with Gasteiger partial charge in [-0.1, -0.05) is 219 Å². The van der Waals surface area contributed by atoms with Gasteiger partial charge in [0.05, 0.1) is 12.2 Å². The first-order valence-corrected chi connectivity index (χ1v) is 39.2. The van der Waals surface area contributed by atoms with Crippen LogP contribution in [0.25, 0.3) is 0 Å². The number of hydrogen-bond acceptors (Lipinski definition) is 6. The first-order valence-electron chi connectivity index (χ1n) is 39.2. The standard InChI is InChI=1S/C9H17N.2C9H18.C8H17N.C8H16O.2C8H16.2C7H15N.C7H14O/c1-7(2)10-6-8-3-4-9(10)5-8;3*1-8(2)9-6-4-3-5-7-9;1-7(2)8-5-3-4-6-9-8;3*1-7(2)8-5-3-4-6-8;2*1-6(2)7-4-3-5-8-7/h7-9H,3-6H2,1-2H3;2*8-9H,3-7H2,1-2H3;8H,3-7H2,1-2H3;7-8H,3-6H2,1-2H3;2*7-8H,3-6H2,1-2H3;7H,3-6H2,1-2H3;6-8H,3-5H2,1-2H3;6-7H,3-5H2,1-2H3/t8-,9+;;;;;;;;;/m0........./s1. The molecule has 6 heterocycles. The second kappa shape index (κ2) is 49.4. The lowest BCUT2D eigenvalue weighted by atomic mass is 9.82. The number of ether oxygens (including phenoxy) is 2. The molecule has 0 radical (unpaired) electrons. The quantitative estimate of drug-likeness (QED) is 0.235. The zero-order valence-electron chi connectivity index (χ0n) is 62.6. The highest BCUT2D eigenvalue weighted by Crippen LogP contribution is 2.38. The maximum Gasteiger partial charge on any atom is 0.0598 e. The molecular weight excluding hydrogens is 1050 g/mol. The summed E-state index contributed by atoms with van der Waals surface area (Å²) in [6.45, 7) is 55.9. The highest BCUT2D eigenvalue weighted by atomic mass is 16.5. The Bertz CT molecular complexity index is 1250. The summed E-state index contributed by atoms with van der Waals surface area (Å²) in [5.41, 5.74) is 0. The van der Waals surface area contributed by atoms with Crippen molar-refractivity contribution in [2.45, 2.75) is 393 Å². The number of nitrogens with zero attached hydrogens (tertiary/aromatic N) is 3. The number of nitrogens with one attached hydrogen (secondary N) is 1. The molecule has 2 bridgehead atoms. The van der Waals surface area contributed by atoms with Gasteiger partial charge in [0.25, 0.3) is 0 Å². The molecule has 0 spiro atoms. The monoisotopic (exact) mass is 1210 g/mol. The summed E-state index contributed by atoms with van der Waals surface area (Å²) in [7, 11) is 0. The van der Waals surface area contributed by atoms with Crippen LogP contribution in [0.5, 0.6) is 0 Å². The van der Waals surface area contributed by atoms with E-state index in [1.54, 1.807) is 0 Å². The van der Waals surface area contributed by atoms with Crippen LogP contribution in [0, 0.1) is 71.0 Å². The van der Waals surface area contributed by atoms with Gasteiger partial charge in [-0.2, -0.15) is 0 Å². The molecule has 6 saturated heterocycles. The maximum absolute atomic E-state index is 5.54. The van der Waals surface area contributed by atoms with Crippen LogP contribution in [0.3, 0.4) is 0 Å². The van der Waals surface area contributed by atoms with Gasteiger partial charge < -0.3 is 24.6 Å². The van der Waals surface area contributed by atoms with E-state index in [1.807, 2.05) is 0 Å². The number of fused-ring (bicyclic) bond motifs is 2. The van der Waals surface area contributed by atoms with Gasteiger partial charge in [0, 0.05) is 50.0 Å². The SMILES string of the molecule is CC(C)C1CCCC1.CC(C)C1CCCC1.CC(C)C1CCCCC1.CC(C)C1CCCCC1.CC(C)C1CCCCO1.CC(C)C1CCCN1.CC(C)C1CCCO1.CC(C)N1CCCC1.CC(C)N1CCCCC1.CC(C)N1C[C@H]2CC[C@@H]1C2. The minimum atomic E-state index is 0.554. The maximum atomic E-state index is 5.54. The fraction of sp³-hybridized carbons (Fsp3) is 1.00. The Morgan fingerprint density at radius 3 is 0.849 bits per heavy atom. The summed E-state index contributed by atoms with van der Waals surface area (Å²) in [4.78, 5) is 7.76. The predicted molar refractivity (Wildman–Crippen MR) is 384 cm³/mol. The number of hydrogen-bond donors (Lipinski definition) is 1. The third kappa shape index (κ3) is 37.5. The van der Waals surface area contributed by atoms with E-state index >= 15 is 0 Å². The van der Waals surface area contributed by atoms with E-state index in [4.69, 9.17) is 9.47 Å². The highest BCUT2D eigenvalue weighted by molar-refractivity contribution is 4.93. The minimum Gasteiger partial charge on any atom is -0.378 e. The molecule has 6 nitrogen and oxygen atoms in total. The van der Waals surface area contributed by atoms with Gasteiger partial charge in [-0.15, -0.1) is 0 Å². The van der Waals surface area contributed by atoms with E-state index in [-0.39, 0.29) is 0 Å². The summed E-state index contributed by atoms with van der Waals surface area (Å²) in [6.07, 6.45) is 48.8. The van der Waals surface area contributed by atoms with Gasteiger partial charge in [0.15, 0.2) is 0 Å². The van der Waals surface area contributed by atoms with Crippen molar-refractivity contribution in [3.8, 4) is 0 Å². The Hall–Kier alpha value is -0.240. The Morgan fingerprint density at radius 1 is 0.302 bits per heavy atom. The van der Waals surface area contributed by atoms with Gasteiger partial charge in [0.2, 0.25) is 0 Å². The summed E-state index contributed by atoms with van der Waals surface area (Å²) in [6, 6.07) is 4.11. The summed E-state index contributed by atoms with van der Waals surface area (Å²) in [5, 5.41) is 3.46. The van der Waals surface area contributed by atoms with Crippen molar-refractivity contribution >= 4 is 0 Å². The molecule has 5 aliphatic carbocycles. The summed E-state index contributed by atoms with van der Waals surface area (Å²) < 4.78 is 11.0. The molecule has 11 fully saturated rings. The molecule has 0 aromatic carbocycles. The first kappa shape index (κ1) is 81.9. The second-order valence-electron chi connectivity index (χ2n) is 32.9. The molecule has 0 aromatic rings. The largest absolute Gasteiger partial charge is 0.378 e. The van der Waals surface area contributed by atoms with Crippen molar-refractivity contribution in [2.75, 3.05) is 52.5 Å². The molecule has 1 N–H and O–H groups in total. The normalized spacial score (nSPS) is 26.8. The molecule has 86 heavy (non-hydrogen) atoms. The van der Waals surface area contributed by atoms with Crippen LogP contribution in [0.1, 0.15) is 350 Å². The Kier molecular flexibility index (Phi) is 47.0. The van der Waals surface area contributed by atoms with Gasteiger partial charge >= 0.3 is 0 Å². The third-order valence-electron chi connectivity index (χ3n) is 22.5. The predicted octanol–water partition coefficient (Wildman–Crippen LogP) is 22.8. The zero-order chi connectivity index (χ0) is 63.8. The molecule has 6 aliphatic heterocycles. The average molecular weight is 1210 g/mol. The molecule has 11 rings (SSSR count). The van der Waals surface area contributed by atoms with Crippen molar-refractivity contribution < 1.29 is 9.47 Å². The molecule has 0 amide bonds. The smallest absolute Gasteiger partial charge is 0.0598 e. The molecule has 5 atom stereocenters. The van der Waals surface area contributed by atoms with Crippen LogP contribution in [-0.2, 0) is 9.47 Å². The van der Waals surface area contributed by atoms with Crippen LogP contribution in [-0.4, -0.2) is 110 Å². The van der Waals surface area contributed by atoms with E-state index in [0.717, 1.165) is 109 Å². The van der Waals surface area contributed by atoms with Gasteiger partial charge in [-0.3, -0.25) is 4.90 Å². The van der Waals surface area contributed by atoms with Crippen molar-refractivity contribution in [2.24, 2.45) is 71.0 Å². The number of likely N-dealkylation sites (tertiary alicyclic amines) is 3. The van der Waals surface area contributed by atoms with Crippen LogP contribution in [0.4, 0.5) is 0 Å². The number of rotatable bonds is 10. The lowest BCUT2D eigenvalue weighted by Gasteiger charge is -2.30. The van der Waals surface area contributed by atoms with Crippen LogP contribution < -0.4 is 5.32 Å². The Morgan fingerprint density at radius 2 is 0.651 bits per heavy atom. The van der Waals surface area contributed by atoms with Gasteiger partial charge in [0.1, 0.15) is 0 Å². The molecule has 514 valence electrons. The highest BCUT2D eigenvalue weighted by Gasteiger charge is 2.38. The minimum absolute atomic E-state index is 0.554. The van der Waals surface area contributed by atoms with E-state index in [0.29, 0.717) is 18.1 Å². The summed E-state index contributed by atoms with van der Waals surface area (Å²) >= 11 is 0. The van der Waals surface area contributed by atoms with Crippen LogP contribution in [0.2, 0.25) is 0 Å². The molecule has 11 aliphatic rings. The molecule has 0 aromatic heterocycles. The molecule has 6 heteroatoms. The third-order valence-corrected chi connectivity index (χ3v) is 22.5. The lowest BCUT2D eigenvalue weighted by molar-refractivity contribution is -0.0115. The Labute approximate surface area is 543 Å². The summed E-state index contributed by atoms with van der Waals surface area (Å²) in [5.74, 6) is 11.3. The Balaban J connectivity index is 0.000000326. The molecule has 5 saturated carbocycles. The van der Waals surface area contributed by atoms with Crippen molar-refractivity contribution in [1.82, 2.24) is 20.0 Å². The van der Waals surface area contributed by atoms with Crippen LogP contribution in [0.15, 0.2) is 0 Å². The molecular formula is C80H162N4O2. The van der Waals surface area contributed by atoms with Crippen molar-refractivity contribution in [3.63, 3.8) is 0 Å². The van der Waals surface area contributed by atoms with E-state index < -0.39 is 0 Å². The van der Waals surface area contributed by atoms with Gasteiger partial charge in [-0.05, 0) is 235 Å². The van der Waals surface area contributed by atoms with E-state index in [9.17, 15) is 0 Å². The average Bonchev–Trinajstić information content (AvgIpc) is 4.46. The van der Waals surface area contributed by atoms with Gasteiger partial charge in [-0.25, -0.2) is 0 Å². The number of piperidine rings is 2.